The number of ketones is 1. The van der Waals surface area contributed by atoms with Crippen LogP contribution in [0.4, 0.5) is 5.69 Å². The first-order valence-corrected chi connectivity index (χ1v) is 10.6. The average Bonchev–Trinajstić information content (AvgIpc) is 2.72. The van der Waals surface area contributed by atoms with Gasteiger partial charge in [-0.05, 0) is 42.0 Å². The molecule has 2 aromatic carbocycles. The number of aliphatic carboxylic acids is 1. The molecule has 1 unspecified atom stereocenters. The summed E-state index contributed by atoms with van der Waals surface area (Å²) in [6.07, 6.45) is 2.88. The Morgan fingerprint density at radius 3 is 2.00 bits per heavy atom. The van der Waals surface area contributed by atoms with Gasteiger partial charge in [0.05, 0.1) is 5.92 Å². The number of amides is 1. The van der Waals surface area contributed by atoms with Crippen molar-refractivity contribution in [1.29, 1.82) is 0 Å². The number of unbranched alkanes of at least 4 members (excludes halogenated alkanes) is 1. The molecule has 0 fully saturated rings. The van der Waals surface area contributed by atoms with Gasteiger partial charge in [-0.15, -0.1) is 0 Å². The number of anilines is 1. The molecule has 2 N–H and O–H groups in total. The summed E-state index contributed by atoms with van der Waals surface area (Å²) in [5.41, 5.74) is 3.21. The van der Waals surface area contributed by atoms with Gasteiger partial charge in [-0.2, -0.15) is 0 Å². The summed E-state index contributed by atoms with van der Waals surface area (Å²) in [5, 5.41) is 12.2. The first-order chi connectivity index (χ1) is 14.3. The van der Waals surface area contributed by atoms with Crippen LogP contribution in [-0.2, 0) is 9.59 Å². The van der Waals surface area contributed by atoms with Crippen molar-refractivity contribution in [2.24, 2.45) is 11.8 Å². The van der Waals surface area contributed by atoms with E-state index in [1.807, 2.05) is 50.2 Å². The number of carboxylic acid groups (broad SMARTS) is 1. The molecule has 160 valence electrons. The van der Waals surface area contributed by atoms with Gasteiger partial charge in [-0.25, -0.2) is 0 Å². The molecule has 0 spiro atoms. The zero-order valence-corrected chi connectivity index (χ0v) is 18.0. The van der Waals surface area contributed by atoms with Gasteiger partial charge in [0.15, 0.2) is 5.78 Å². The van der Waals surface area contributed by atoms with Crippen molar-refractivity contribution < 1.29 is 19.5 Å². The van der Waals surface area contributed by atoms with Crippen LogP contribution in [0.5, 0.6) is 0 Å². The summed E-state index contributed by atoms with van der Waals surface area (Å²) in [6.45, 7) is 5.96. The highest BCUT2D eigenvalue weighted by atomic mass is 16.4. The SMILES string of the molecule is CCCCC(=O)Nc1ccc(-c2ccc(C(=O)CC(CC(C)C)C(=O)O)cc2)cc1. The standard InChI is InChI=1S/C25H31NO4/c1-4-5-6-24(28)26-22-13-11-19(12-14-22)18-7-9-20(10-8-18)23(27)16-21(25(29)30)15-17(2)3/h7-14,17,21H,4-6,15-16H2,1-3H3,(H,26,28)(H,29,30). The Hall–Kier alpha value is -2.95. The van der Waals surface area contributed by atoms with Crippen molar-refractivity contribution in [2.45, 2.75) is 52.9 Å². The Balaban J connectivity index is 2.02. The third-order valence-corrected chi connectivity index (χ3v) is 5.00. The summed E-state index contributed by atoms with van der Waals surface area (Å²) >= 11 is 0. The van der Waals surface area contributed by atoms with Crippen molar-refractivity contribution in [3.8, 4) is 11.1 Å². The first-order valence-electron chi connectivity index (χ1n) is 10.6. The van der Waals surface area contributed by atoms with E-state index in [0.29, 0.717) is 18.4 Å². The maximum absolute atomic E-state index is 12.5. The quantitative estimate of drug-likeness (QED) is 0.459. The Morgan fingerprint density at radius 2 is 1.50 bits per heavy atom. The van der Waals surface area contributed by atoms with Gasteiger partial charge in [0, 0.05) is 24.1 Å². The molecule has 0 aliphatic carbocycles. The first kappa shape index (κ1) is 23.3. The van der Waals surface area contributed by atoms with Crippen molar-refractivity contribution >= 4 is 23.3 Å². The van der Waals surface area contributed by atoms with Crippen LogP contribution >= 0.6 is 0 Å². The van der Waals surface area contributed by atoms with E-state index in [0.717, 1.165) is 29.7 Å². The zero-order chi connectivity index (χ0) is 22.1. The van der Waals surface area contributed by atoms with Gasteiger partial charge in [0.25, 0.3) is 0 Å². The van der Waals surface area contributed by atoms with E-state index in [1.165, 1.54) is 0 Å². The minimum atomic E-state index is -0.921. The zero-order valence-electron chi connectivity index (χ0n) is 18.0. The molecule has 0 aliphatic heterocycles. The second-order valence-electron chi connectivity index (χ2n) is 8.10. The molecule has 5 heteroatoms. The molecule has 2 aromatic rings. The summed E-state index contributed by atoms with van der Waals surface area (Å²) in [4.78, 5) is 35.7. The van der Waals surface area contributed by atoms with E-state index in [4.69, 9.17) is 0 Å². The normalized spacial score (nSPS) is 11.9. The summed E-state index contributed by atoms with van der Waals surface area (Å²) in [5.74, 6) is -1.49. The smallest absolute Gasteiger partial charge is 0.306 e. The minimum Gasteiger partial charge on any atom is -0.481 e. The molecule has 5 nitrogen and oxygen atoms in total. The number of carbonyl (C=O) groups excluding carboxylic acids is 2. The van der Waals surface area contributed by atoms with Crippen LogP contribution in [-0.4, -0.2) is 22.8 Å². The van der Waals surface area contributed by atoms with Crippen LogP contribution in [0, 0.1) is 11.8 Å². The Bertz CT molecular complexity index is 854. The van der Waals surface area contributed by atoms with Crippen molar-refractivity contribution in [1.82, 2.24) is 0 Å². The third kappa shape index (κ3) is 7.14. The van der Waals surface area contributed by atoms with Gasteiger partial charge >= 0.3 is 5.97 Å². The predicted octanol–water partition coefficient (Wildman–Crippen LogP) is 5.80. The number of carboxylic acids is 1. The van der Waals surface area contributed by atoms with Crippen LogP contribution in [0.15, 0.2) is 48.5 Å². The Kier molecular flexibility index (Phi) is 8.78. The van der Waals surface area contributed by atoms with E-state index in [-0.39, 0.29) is 24.0 Å². The largest absolute Gasteiger partial charge is 0.481 e. The van der Waals surface area contributed by atoms with E-state index in [2.05, 4.69) is 12.2 Å². The summed E-state index contributed by atoms with van der Waals surface area (Å²) in [6, 6.07) is 14.8. The minimum absolute atomic E-state index is 0.0132. The van der Waals surface area contributed by atoms with E-state index >= 15 is 0 Å². The van der Waals surface area contributed by atoms with Crippen LogP contribution < -0.4 is 5.32 Å². The Morgan fingerprint density at radius 1 is 0.933 bits per heavy atom. The molecule has 1 amide bonds. The molecule has 30 heavy (non-hydrogen) atoms. The molecule has 0 heterocycles. The average molecular weight is 410 g/mol. The molecule has 0 radical (unpaired) electrons. The molecule has 0 aliphatic rings. The Labute approximate surface area is 178 Å². The van der Waals surface area contributed by atoms with Crippen LogP contribution in [0.2, 0.25) is 0 Å². The summed E-state index contributed by atoms with van der Waals surface area (Å²) < 4.78 is 0. The maximum atomic E-state index is 12.5. The highest BCUT2D eigenvalue weighted by molar-refractivity contribution is 5.98. The van der Waals surface area contributed by atoms with Gasteiger partial charge in [0.2, 0.25) is 5.91 Å². The van der Waals surface area contributed by atoms with Crippen molar-refractivity contribution in [3.63, 3.8) is 0 Å². The molecular weight excluding hydrogens is 378 g/mol. The van der Waals surface area contributed by atoms with Gasteiger partial charge in [0.1, 0.15) is 0 Å². The molecule has 0 saturated carbocycles. The monoisotopic (exact) mass is 409 g/mol. The topological polar surface area (TPSA) is 83.5 Å². The molecule has 2 rings (SSSR count). The third-order valence-electron chi connectivity index (χ3n) is 5.00. The summed E-state index contributed by atoms with van der Waals surface area (Å²) in [7, 11) is 0. The highest BCUT2D eigenvalue weighted by Gasteiger charge is 2.23. The predicted molar refractivity (Wildman–Crippen MR) is 120 cm³/mol. The van der Waals surface area contributed by atoms with Gasteiger partial charge < -0.3 is 10.4 Å². The van der Waals surface area contributed by atoms with Crippen LogP contribution in [0.3, 0.4) is 0 Å². The number of carbonyl (C=O) groups is 3. The fourth-order valence-corrected chi connectivity index (χ4v) is 3.34. The highest BCUT2D eigenvalue weighted by Crippen LogP contribution is 2.24. The van der Waals surface area contributed by atoms with E-state index in [1.54, 1.807) is 12.1 Å². The lowest BCUT2D eigenvalue weighted by molar-refractivity contribution is -0.142. The van der Waals surface area contributed by atoms with Crippen molar-refractivity contribution in [2.75, 3.05) is 5.32 Å². The lowest BCUT2D eigenvalue weighted by Gasteiger charge is -2.14. The number of nitrogens with one attached hydrogen (secondary N) is 1. The fraction of sp³-hybridized carbons (Fsp3) is 0.400. The van der Waals surface area contributed by atoms with Crippen LogP contribution in [0.25, 0.3) is 11.1 Å². The van der Waals surface area contributed by atoms with Gasteiger partial charge in [-0.1, -0.05) is 63.6 Å². The van der Waals surface area contributed by atoms with Crippen molar-refractivity contribution in [3.05, 3.63) is 54.1 Å². The molecule has 0 saturated heterocycles. The lowest BCUT2D eigenvalue weighted by atomic mass is 9.90. The number of Topliss-reactive ketones (excluding diaryl/α,β-unsaturated/α-hetero) is 1. The lowest BCUT2D eigenvalue weighted by Crippen LogP contribution is -2.20. The number of benzene rings is 2. The van der Waals surface area contributed by atoms with E-state index in [9.17, 15) is 19.5 Å². The molecule has 0 aromatic heterocycles. The second-order valence-corrected chi connectivity index (χ2v) is 8.10. The number of hydrogen-bond donors (Lipinski definition) is 2. The fourth-order valence-electron chi connectivity index (χ4n) is 3.34. The maximum Gasteiger partial charge on any atom is 0.306 e. The number of rotatable bonds is 11. The molecule has 1 atom stereocenters. The molecular formula is C25H31NO4. The molecule has 0 bridgehead atoms. The second kappa shape index (κ2) is 11.3. The van der Waals surface area contributed by atoms with E-state index < -0.39 is 11.9 Å². The van der Waals surface area contributed by atoms with Crippen LogP contribution in [0.1, 0.15) is 63.2 Å². The van der Waals surface area contributed by atoms with Gasteiger partial charge in [-0.3, -0.25) is 14.4 Å². The number of hydrogen-bond acceptors (Lipinski definition) is 3.